The number of halogens is 1. The Morgan fingerprint density at radius 1 is 1.20 bits per heavy atom. The normalized spacial score (nSPS) is 21.2. The lowest BCUT2D eigenvalue weighted by molar-refractivity contribution is -0.149. The maximum atomic E-state index is 12.6. The molecule has 2 unspecified atom stereocenters. The number of nitrogens with zero attached hydrogens (tertiary/aromatic N) is 1. The third-order valence-electron chi connectivity index (χ3n) is 4.46. The topological polar surface area (TPSA) is 69.6 Å². The van der Waals surface area contributed by atoms with Crippen molar-refractivity contribution in [3.63, 3.8) is 0 Å². The van der Waals surface area contributed by atoms with Gasteiger partial charge in [-0.15, -0.1) is 0 Å². The molecule has 1 heterocycles. The van der Waals surface area contributed by atoms with Crippen LogP contribution in [-0.2, 0) is 9.59 Å². The first-order chi connectivity index (χ1) is 11.9. The van der Waals surface area contributed by atoms with Gasteiger partial charge in [0.15, 0.2) is 0 Å². The van der Waals surface area contributed by atoms with Crippen LogP contribution in [0.3, 0.4) is 0 Å². The van der Waals surface area contributed by atoms with Crippen molar-refractivity contribution in [3.8, 4) is 0 Å². The van der Waals surface area contributed by atoms with Gasteiger partial charge in [-0.25, -0.2) is 0 Å². The Bertz CT molecular complexity index is 779. The summed E-state index contributed by atoms with van der Waals surface area (Å²) >= 11 is 5.86. The molecule has 0 radical (unpaired) electrons. The van der Waals surface area contributed by atoms with Crippen LogP contribution in [0, 0.1) is 0 Å². The fourth-order valence-corrected chi connectivity index (χ4v) is 3.05. The van der Waals surface area contributed by atoms with E-state index in [1.54, 1.807) is 43.3 Å². The van der Waals surface area contributed by atoms with Crippen molar-refractivity contribution in [1.29, 1.82) is 0 Å². The molecular weight excluding hydrogens is 340 g/mol. The second-order valence-corrected chi connectivity index (χ2v) is 6.59. The smallest absolute Gasteiger partial charge is 0.268 e. The lowest BCUT2D eigenvalue weighted by atomic mass is 10.00. The zero-order chi connectivity index (χ0) is 18.0. The molecule has 25 heavy (non-hydrogen) atoms. The van der Waals surface area contributed by atoms with Gasteiger partial charge in [-0.1, -0.05) is 41.9 Å². The Morgan fingerprint density at radius 2 is 1.84 bits per heavy atom. The maximum Gasteiger partial charge on any atom is 0.268 e. The predicted octanol–water partition coefficient (Wildman–Crippen LogP) is 2.69. The summed E-state index contributed by atoms with van der Waals surface area (Å²) in [7, 11) is 0. The zero-order valence-electron chi connectivity index (χ0n) is 13.8. The van der Waals surface area contributed by atoms with Crippen molar-refractivity contribution < 1.29 is 14.7 Å². The molecule has 130 valence electrons. The number of hydrogen-bond acceptors (Lipinski definition) is 3. The van der Waals surface area contributed by atoms with Gasteiger partial charge < -0.3 is 15.3 Å². The Balaban J connectivity index is 1.73. The Hall–Kier alpha value is -2.37. The molecule has 3 rings (SSSR count). The number of carbonyl (C=O) groups is 2. The number of nitrogens with one attached hydrogen (secondary N) is 1. The largest absolute Gasteiger partial charge is 0.372 e. The Morgan fingerprint density at radius 3 is 2.48 bits per heavy atom. The second-order valence-electron chi connectivity index (χ2n) is 6.15. The highest BCUT2D eigenvalue weighted by Crippen LogP contribution is 2.29. The molecule has 1 aliphatic heterocycles. The highest BCUT2D eigenvalue weighted by atomic mass is 35.5. The van der Waals surface area contributed by atoms with Crippen LogP contribution < -0.4 is 10.2 Å². The number of para-hydroxylation sites is 1. The quantitative estimate of drug-likeness (QED) is 0.825. The van der Waals surface area contributed by atoms with Crippen LogP contribution in [0.4, 0.5) is 5.69 Å². The van der Waals surface area contributed by atoms with Gasteiger partial charge in [0.2, 0.25) is 5.60 Å². The van der Waals surface area contributed by atoms with E-state index in [-0.39, 0.29) is 12.5 Å². The van der Waals surface area contributed by atoms with E-state index in [0.717, 1.165) is 5.56 Å². The molecule has 2 atom stereocenters. The van der Waals surface area contributed by atoms with Crippen LogP contribution >= 0.6 is 11.6 Å². The Labute approximate surface area is 151 Å². The maximum absolute atomic E-state index is 12.6. The molecule has 1 saturated heterocycles. The lowest BCUT2D eigenvalue weighted by Crippen LogP contribution is -2.53. The molecule has 2 aromatic carbocycles. The van der Waals surface area contributed by atoms with Crippen LogP contribution in [0.15, 0.2) is 54.6 Å². The first-order valence-electron chi connectivity index (χ1n) is 8.07. The van der Waals surface area contributed by atoms with Crippen molar-refractivity contribution in [2.45, 2.75) is 25.0 Å². The van der Waals surface area contributed by atoms with Crippen molar-refractivity contribution in [2.24, 2.45) is 0 Å². The van der Waals surface area contributed by atoms with E-state index in [1.807, 2.05) is 18.2 Å². The van der Waals surface area contributed by atoms with Gasteiger partial charge in [0.05, 0.1) is 6.04 Å². The van der Waals surface area contributed by atoms with Gasteiger partial charge in [0, 0.05) is 23.7 Å². The molecule has 0 spiro atoms. The van der Waals surface area contributed by atoms with E-state index in [4.69, 9.17) is 11.6 Å². The van der Waals surface area contributed by atoms with Crippen molar-refractivity contribution >= 4 is 29.1 Å². The molecular formula is C19H19ClN2O3. The zero-order valence-corrected chi connectivity index (χ0v) is 14.5. The van der Waals surface area contributed by atoms with E-state index in [9.17, 15) is 14.7 Å². The van der Waals surface area contributed by atoms with Crippen LogP contribution in [0.5, 0.6) is 0 Å². The summed E-state index contributed by atoms with van der Waals surface area (Å²) in [4.78, 5) is 26.6. The lowest BCUT2D eigenvalue weighted by Gasteiger charge is -2.24. The minimum Gasteiger partial charge on any atom is -0.372 e. The van der Waals surface area contributed by atoms with Crippen LogP contribution in [-0.4, -0.2) is 29.1 Å². The molecule has 1 fully saturated rings. The average Bonchev–Trinajstić information content (AvgIpc) is 2.93. The van der Waals surface area contributed by atoms with E-state index in [2.05, 4.69) is 5.32 Å². The summed E-state index contributed by atoms with van der Waals surface area (Å²) in [6.07, 6.45) is 0.0555. The molecule has 1 aliphatic rings. The first-order valence-corrected chi connectivity index (χ1v) is 8.45. The minimum atomic E-state index is -2.05. The third-order valence-corrected chi connectivity index (χ3v) is 4.71. The van der Waals surface area contributed by atoms with Gasteiger partial charge in [-0.3, -0.25) is 9.59 Å². The van der Waals surface area contributed by atoms with E-state index in [0.29, 0.717) is 17.3 Å². The number of benzene rings is 2. The molecule has 2 N–H and O–H groups in total. The number of carbonyl (C=O) groups excluding carboxylic acids is 2. The van der Waals surface area contributed by atoms with Gasteiger partial charge in [-0.05, 0) is 36.8 Å². The number of hydrogen-bond donors (Lipinski definition) is 2. The fourth-order valence-electron chi connectivity index (χ4n) is 2.92. The predicted molar refractivity (Wildman–Crippen MR) is 96.4 cm³/mol. The van der Waals surface area contributed by atoms with Gasteiger partial charge in [-0.2, -0.15) is 0 Å². The number of aliphatic hydroxyl groups is 1. The molecule has 0 aliphatic carbocycles. The van der Waals surface area contributed by atoms with Gasteiger partial charge in [0.25, 0.3) is 11.8 Å². The summed E-state index contributed by atoms with van der Waals surface area (Å²) in [5, 5.41) is 14.0. The van der Waals surface area contributed by atoms with Crippen LogP contribution in [0.25, 0.3) is 0 Å². The summed E-state index contributed by atoms with van der Waals surface area (Å²) in [5.41, 5.74) is -0.537. The summed E-state index contributed by atoms with van der Waals surface area (Å²) in [5.74, 6) is -1.28. The van der Waals surface area contributed by atoms with Crippen molar-refractivity contribution in [2.75, 3.05) is 11.4 Å². The van der Waals surface area contributed by atoms with Gasteiger partial charge >= 0.3 is 0 Å². The first kappa shape index (κ1) is 17.5. The highest BCUT2D eigenvalue weighted by Gasteiger charge is 2.51. The van der Waals surface area contributed by atoms with Crippen LogP contribution in [0.1, 0.15) is 24.9 Å². The SMILES string of the molecule is CC(NC(=O)C1(O)CCN(c2ccccc2)C1=O)c1ccc(Cl)cc1. The fraction of sp³-hybridized carbons (Fsp3) is 0.263. The van der Waals surface area contributed by atoms with Crippen molar-refractivity contribution in [1.82, 2.24) is 5.32 Å². The molecule has 2 amide bonds. The third kappa shape index (κ3) is 3.38. The Kier molecular flexibility index (Phi) is 4.79. The number of amides is 2. The van der Waals surface area contributed by atoms with Crippen LogP contribution in [0.2, 0.25) is 5.02 Å². The molecule has 2 aromatic rings. The number of rotatable bonds is 4. The van der Waals surface area contributed by atoms with E-state index < -0.39 is 17.4 Å². The molecule has 6 heteroatoms. The standard InChI is InChI=1S/C19H19ClN2O3/c1-13(14-7-9-15(20)10-8-14)21-17(23)19(25)11-12-22(18(19)24)16-5-3-2-4-6-16/h2-10,13,25H,11-12H2,1H3,(H,21,23). The molecule has 0 saturated carbocycles. The van der Waals surface area contributed by atoms with Gasteiger partial charge in [0.1, 0.15) is 0 Å². The van der Waals surface area contributed by atoms with E-state index in [1.165, 1.54) is 4.90 Å². The minimum absolute atomic E-state index is 0.0555. The molecule has 0 bridgehead atoms. The van der Waals surface area contributed by atoms with E-state index >= 15 is 0 Å². The number of anilines is 1. The average molecular weight is 359 g/mol. The summed E-state index contributed by atoms with van der Waals surface area (Å²) in [6.45, 7) is 2.08. The summed E-state index contributed by atoms with van der Waals surface area (Å²) < 4.78 is 0. The monoisotopic (exact) mass is 358 g/mol. The molecule has 5 nitrogen and oxygen atoms in total. The second kappa shape index (κ2) is 6.86. The highest BCUT2D eigenvalue weighted by molar-refractivity contribution is 6.30. The van der Waals surface area contributed by atoms with Crippen molar-refractivity contribution in [3.05, 3.63) is 65.2 Å². The molecule has 0 aromatic heterocycles. The summed E-state index contributed by atoms with van der Waals surface area (Å²) in [6, 6.07) is 15.7.